The van der Waals surface area contributed by atoms with Crippen molar-refractivity contribution >= 4 is 15.7 Å². The lowest BCUT2D eigenvalue weighted by Crippen LogP contribution is -2.36. The smallest absolute Gasteiger partial charge is 0.264 e. The highest BCUT2D eigenvalue weighted by molar-refractivity contribution is 7.92. The van der Waals surface area contributed by atoms with Gasteiger partial charge in [-0.3, -0.25) is 4.31 Å². The zero-order chi connectivity index (χ0) is 17.8. The van der Waals surface area contributed by atoms with E-state index in [0.29, 0.717) is 4.90 Å². The quantitative estimate of drug-likeness (QED) is 0.818. The highest BCUT2D eigenvalue weighted by Crippen LogP contribution is 2.39. The van der Waals surface area contributed by atoms with Gasteiger partial charge in [-0.2, -0.15) is 0 Å². The highest BCUT2D eigenvalue weighted by atomic mass is 32.2. The van der Waals surface area contributed by atoms with E-state index in [2.05, 4.69) is 13.8 Å². The summed E-state index contributed by atoms with van der Waals surface area (Å²) in [5, 5.41) is 0. The van der Waals surface area contributed by atoms with Gasteiger partial charge in [-0.05, 0) is 75.4 Å². The normalized spacial score (nSPS) is 21.4. The molecule has 2 aliphatic rings. The minimum Gasteiger partial charge on any atom is -0.488 e. The number of fused-ring (bicyclic) bond motifs is 2. The summed E-state index contributed by atoms with van der Waals surface area (Å²) in [6.07, 6.45) is 2.46. The number of aryl methyl sites for hydroxylation is 1. The SMILES string of the molecule is CC1Cc2ccccc2N1S(=O)(=O)c1ccc2c(c1)CCC(C)(C)O2. The molecule has 5 heteroatoms. The molecule has 2 heterocycles. The first-order valence-electron chi connectivity index (χ1n) is 8.72. The molecule has 0 bridgehead atoms. The second-order valence-corrected chi connectivity index (χ2v) is 9.43. The zero-order valence-electron chi connectivity index (χ0n) is 14.8. The van der Waals surface area contributed by atoms with Crippen molar-refractivity contribution in [2.24, 2.45) is 0 Å². The zero-order valence-corrected chi connectivity index (χ0v) is 15.6. The summed E-state index contributed by atoms with van der Waals surface area (Å²) in [6.45, 7) is 6.08. The van der Waals surface area contributed by atoms with Crippen LogP contribution in [0, 0.1) is 0 Å². The molecule has 0 saturated carbocycles. The van der Waals surface area contributed by atoms with Crippen molar-refractivity contribution < 1.29 is 13.2 Å². The number of hydrogen-bond acceptors (Lipinski definition) is 3. The molecule has 0 aromatic heterocycles. The summed E-state index contributed by atoms with van der Waals surface area (Å²) in [5.41, 5.74) is 2.66. The third-order valence-corrected chi connectivity index (χ3v) is 7.04. The summed E-state index contributed by atoms with van der Waals surface area (Å²) in [6, 6.07) is 12.9. The first kappa shape index (κ1) is 16.5. The monoisotopic (exact) mass is 357 g/mol. The van der Waals surface area contributed by atoms with Crippen LogP contribution < -0.4 is 9.04 Å². The van der Waals surface area contributed by atoms with Gasteiger partial charge in [0, 0.05) is 6.04 Å². The lowest BCUT2D eigenvalue weighted by atomic mass is 9.94. The summed E-state index contributed by atoms with van der Waals surface area (Å²) in [7, 11) is -3.59. The number of hydrogen-bond donors (Lipinski definition) is 0. The molecule has 4 rings (SSSR count). The fraction of sp³-hybridized carbons (Fsp3) is 0.400. The first-order valence-corrected chi connectivity index (χ1v) is 10.2. The van der Waals surface area contributed by atoms with E-state index in [1.807, 2.05) is 31.2 Å². The number of ether oxygens (including phenoxy) is 1. The first-order chi connectivity index (χ1) is 11.8. The van der Waals surface area contributed by atoms with E-state index in [-0.39, 0.29) is 11.6 Å². The van der Waals surface area contributed by atoms with Crippen molar-refractivity contribution in [2.75, 3.05) is 4.31 Å². The third-order valence-electron chi connectivity index (χ3n) is 5.12. The molecule has 0 spiro atoms. The van der Waals surface area contributed by atoms with Crippen molar-refractivity contribution in [1.82, 2.24) is 0 Å². The predicted molar refractivity (Wildman–Crippen MR) is 98.7 cm³/mol. The van der Waals surface area contributed by atoms with Crippen LogP contribution in [0.2, 0.25) is 0 Å². The molecule has 1 unspecified atom stereocenters. The third kappa shape index (κ3) is 2.71. The molecule has 2 aromatic carbocycles. The van der Waals surface area contributed by atoms with Crippen LogP contribution in [-0.2, 0) is 22.9 Å². The molecule has 1 atom stereocenters. The lowest BCUT2D eigenvalue weighted by molar-refractivity contribution is 0.0845. The maximum atomic E-state index is 13.3. The largest absolute Gasteiger partial charge is 0.488 e. The lowest BCUT2D eigenvalue weighted by Gasteiger charge is -2.33. The van der Waals surface area contributed by atoms with E-state index >= 15 is 0 Å². The van der Waals surface area contributed by atoms with Gasteiger partial charge in [-0.15, -0.1) is 0 Å². The molecule has 2 aromatic rings. The average Bonchev–Trinajstić information content (AvgIpc) is 2.89. The number of sulfonamides is 1. The van der Waals surface area contributed by atoms with Gasteiger partial charge in [0.15, 0.2) is 0 Å². The van der Waals surface area contributed by atoms with E-state index in [1.165, 1.54) is 0 Å². The van der Waals surface area contributed by atoms with Crippen LogP contribution in [0.5, 0.6) is 5.75 Å². The van der Waals surface area contributed by atoms with Gasteiger partial charge in [0.1, 0.15) is 11.4 Å². The van der Waals surface area contributed by atoms with Crippen LogP contribution in [0.3, 0.4) is 0 Å². The van der Waals surface area contributed by atoms with Crippen LogP contribution in [-0.4, -0.2) is 20.1 Å². The summed E-state index contributed by atoms with van der Waals surface area (Å²) < 4.78 is 34.2. The summed E-state index contributed by atoms with van der Waals surface area (Å²) in [5.74, 6) is 0.796. The molecule has 0 amide bonds. The topological polar surface area (TPSA) is 46.6 Å². The highest BCUT2D eigenvalue weighted by Gasteiger charge is 2.36. The van der Waals surface area contributed by atoms with E-state index in [0.717, 1.165) is 41.8 Å². The van der Waals surface area contributed by atoms with Gasteiger partial charge in [0.2, 0.25) is 0 Å². The Balaban J connectivity index is 1.75. The van der Waals surface area contributed by atoms with Crippen molar-refractivity contribution in [2.45, 2.75) is 56.6 Å². The molecule has 0 radical (unpaired) electrons. The number of nitrogens with zero attached hydrogens (tertiary/aromatic N) is 1. The Labute approximate surface area is 149 Å². The van der Waals surface area contributed by atoms with Crippen molar-refractivity contribution in [3.05, 3.63) is 53.6 Å². The molecule has 0 N–H and O–H groups in total. The van der Waals surface area contributed by atoms with Gasteiger partial charge >= 0.3 is 0 Å². The van der Waals surface area contributed by atoms with Gasteiger partial charge in [0.05, 0.1) is 10.6 Å². The maximum absolute atomic E-state index is 13.3. The fourth-order valence-corrected chi connectivity index (χ4v) is 5.56. The summed E-state index contributed by atoms with van der Waals surface area (Å²) >= 11 is 0. The molecular formula is C20H23NO3S. The van der Waals surface area contributed by atoms with E-state index < -0.39 is 10.0 Å². The number of benzene rings is 2. The molecule has 0 saturated heterocycles. The van der Waals surface area contributed by atoms with Gasteiger partial charge in [0.25, 0.3) is 10.0 Å². The Morgan fingerprint density at radius 1 is 1.12 bits per heavy atom. The minimum atomic E-state index is -3.59. The Bertz CT molecular complexity index is 934. The van der Waals surface area contributed by atoms with Crippen LogP contribution in [0.4, 0.5) is 5.69 Å². The number of rotatable bonds is 2. The van der Waals surface area contributed by atoms with Crippen molar-refractivity contribution in [1.29, 1.82) is 0 Å². The molecule has 132 valence electrons. The molecule has 4 nitrogen and oxygen atoms in total. The second kappa shape index (κ2) is 5.49. The van der Waals surface area contributed by atoms with E-state index in [1.54, 1.807) is 22.5 Å². The van der Waals surface area contributed by atoms with Gasteiger partial charge in [-0.1, -0.05) is 18.2 Å². The van der Waals surface area contributed by atoms with Crippen molar-refractivity contribution in [3.63, 3.8) is 0 Å². The maximum Gasteiger partial charge on any atom is 0.264 e. The summed E-state index contributed by atoms with van der Waals surface area (Å²) in [4.78, 5) is 0.345. The average molecular weight is 357 g/mol. The molecule has 0 aliphatic carbocycles. The number of para-hydroxylation sites is 1. The second-order valence-electron chi connectivity index (χ2n) is 7.61. The standard InChI is InChI=1S/C20H23NO3S/c1-14-12-15-6-4-5-7-18(15)21(14)25(22,23)17-8-9-19-16(13-17)10-11-20(2,3)24-19/h4-9,13-14H,10-12H2,1-3H3. The van der Waals surface area contributed by atoms with Crippen LogP contribution >= 0.6 is 0 Å². The molecule has 2 aliphatic heterocycles. The van der Waals surface area contributed by atoms with Crippen LogP contribution in [0.1, 0.15) is 38.3 Å². The Morgan fingerprint density at radius 3 is 2.68 bits per heavy atom. The molecule has 25 heavy (non-hydrogen) atoms. The van der Waals surface area contributed by atoms with Gasteiger partial charge < -0.3 is 4.74 Å². The fourth-order valence-electron chi connectivity index (χ4n) is 3.81. The van der Waals surface area contributed by atoms with E-state index in [4.69, 9.17) is 4.74 Å². The van der Waals surface area contributed by atoms with E-state index in [9.17, 15) is 8.42 Å². The predicted octanol–water partition coefficient (Wildman–Crippen LogP) is 3.93. The van der Waals surface area contributed by atoms with Crippen LogP contribution in [0.15, 0.2) is 47.4 Å². The Kier molecular flexibility index (Phi) is 3.62. The Hall–Kier alpha value is -2.01. The minimum absolute atomic E-state index is 0.0754. The van der Waals surface area contributed by atoms with Crippen LogP contribution in [0.25, 0.3) is 0 Å². The number of anilines is 1. The molecule has 0 fully saturated rings. The molecular weight excluding hydrogens is 334 g/mol. The van der Waals surface area contributed by atoms with Crippen molar-refractivity contribution in [3.8, 4) is 5.75 Å². The Morgan fingerprint density at radius 2 is 1.88 bits per heavy atom. The van der Waals surface area contributed by atoms with Gasteiger partial charge in [-0.25, -0.2) is 8.42 Å².